The number of nitrogens with one attached hydrogen (secondary N) is 1. The molecule has 1 aromatic rings. The fourth-order valence-corrected chi connectivity index (χ4v) is 3.84. The summed E-state index contributed by atoms with van der Waals surface area (Å²) >= 11 is 0. The monoisotopic (exact) mass is 382 g/mol. The quantitative estimate of drug-likeness (QED) is 0.815. The van der Waals surface area contributed by atoms with Crippen LogP contribution in [-0.4, -0.2) is 37.5 Å². The van der Waals surface area contributed by atoms with E-state index in [1.165, 1.54) is 11.2 Å². The number of rotatable bonds is 4. The van der Waals surface area contributed by atoms with Gasteiger partial charge in [0, 0.05) is 18.8 Å². The molecule has 2 rings (SSSR count). The second-order valence-corrected chi connectivity index (χ2v) is 8.04. The number of amides is 1. The standard InChI is InChI=1S/C15H18F4N2O3S/c1-2-25(23,24)21-7-3-4-10(9-21)14(22)20-11-5-6-13(16)12(8-11)15(17,18)19/h5-6,8,10H,2-4,7,9H2,1H3,(H,20,22)/t10-/m0/s1. The molecule has 1 heterocycles. The predicted molar refractivity (Wildman–Crippen MR) is 83.8 cm³/mol. The Morgan fingerprint density at radius 2 is 2.04 bits per heavy atom. The number of halogens is 4. The van der Waals surface area contributed by atoms with Crippen LogP contribution in [0.15, 0.2) is 18.2 Å². The average Bonchev–Trinajstić information content (AvgIpc) is 2.55. The highest BCUT2D eigenvalue weighted by Gasteiger charge is 2.35. The van der Waals surface area contributed by atoms with E-state index in [9.17, 15) is 30.8 Å². The second-order valence-electron chi connectivity index (χ2n) is 5.78. The molecule has 0 spiro atoms. The van der Waals surface area contributed by atoms with Crippen molar-refractivity contribution in [1.29, 1.82) is 0 Å². The first-order chi connectivity index (χ1) is 11.5. The topological polar surface area (TPSA) is 66.5 Å². The highest BCUT2D eigenvalue weighted by molar-refractivity contribution is 7.89. The van der Waals surface area contributed by atoms with E-state index in [0.717, 1.165) is 6.07 Å². The fourth-order valence-electron chi connectivity index (χ4n) is 2.66. The number of carbonyl (C=O) groups is 1. The van der Waals surface area contributed by atoms with Crippen LogP contribution in [0.5, 0.6) is 0 Å². The van der Waals surface area contributed by atoms with E-state index in [0.29, 0.717) is 31.5 Å². The molecule has 1 fully saturated rings. The molecular weight excluding hydrogens is 364 g/mol. The number of nitrogens with zero attached hydrogens (tertiary/aromatic N) is 1. The van der Waals surface area contributed by atoms with Gasteiger partial charge in [-0.05, 0) is 38.0 Å². The maximum Gasteiger partial charge on any atom is 0.419 e. The minimum atomic E-state index is -4.87. The molecule has 0 aromatic heterocycles. The molecule has 1 aromatic carbocycles. The average molecular weight is 382 g/mol. The van der Waals surface area contributed by atoms with Crippen molar-refractivity contribution in [1.82, 2.24) is 4.31 Å². The fraction of sp³-hybridized carbons (Fsp3) is 0.533. The number of hydrogen-bond donors (Lipinski definition) is 1. The zero-order valence-corrected chi connectivity index (χ0v) is 14.3. The van der Waals surface area contributed by atoms with Crippen molar-refractivity contribution in [3.63, 3.8) is 0 Å². The van der Waals surface area contributed by atoms with Crippen LogP contribution in [0.3, 0.4) is 0 Å². The molecule has 25 heavy (non-hydrogen) atoms. The summed E-state index contributed by atoms with van der Waals surface area (Å²) in [6.45, 7) is 1.79. The normalized spacial score (nSPS) is 19.6. The van der Waals surface area contributed by atoms with Crippen molar-refractivity contribution in [3.05, 3.63) is 29.6 Å². The summed E-state index contributed by atoms with van der Waals surface area (Å²) < 4.78 is 76.4. The number of sulfonamides is 1. The molecule has 140 valence electrons. The van der Waals surface area contributed by atoms with Crippen molar-refractivity contribution in [2.24, 2.45) is 5.92 Å². The third kappa shape index (κ3) is 4.69. The Morgan fingerprint density at radius 3 is 2.64 bits per heavy atom. The first-order valence-electron chi connectivity index (χ1n) is 7.70. The summed E-state index contributed by atoms with van der Waals surface area (Å²) in [5.41, 5.74) is -1.65. The lowest BCUT2D eigenvalue weighted by molar-refractivity contribution is -0.140. The third-order valence-corrected chi connectivity index (χ3v) is 5.90. The van der Waals surface area contributed by atoms with Gasteiger partial charge in [0.2, 0.25) is 15.9 Å². The van der Waals surface area contributed by atoms with E-state index in [1.54, 1.807) is 0 Å². The first kappa shape index (κ1) is 19.6. The molecule has 1 amide bonds. The molecule has 10 heteroatoms. The van der Waals surface area contributed by atoms with Crippen molar-refractivity contribution < 1.29 is 30.8 Å². The van der Waals surface area contributed by atoms with Crippen molar-refractivity contribution in [3.8, 4) is 0 Å². The molecule has 1 saturated heterocycles. The van der Waals surface area contributed by atoms with E-state index in [1.807, 2.05) is 0 Å². The van der Waals surface area contributed by atoms with E-state index >= 15 is 0 Å². The maximum atomic E-state index is 13.3. The molecule has 0 aliphatic carbocycles. The number of hydrogen-bond acceptors (Lipinski definition) is 3. The lowest BCUT2D eigenvalue weighted by atomic mass is 9.98. The molecule has 0 saturated carbocycles. The van der Waals surface area contributed by atoms with Gasteiger partial charge in [-0.1, -0.05) is 0 Å². The van der Waals surface area contributed by atoms with Crippen LogP contribution in [0.4, 0.5) is 23.2 Å². The highest BCUT2D eigenvalue weighted by Crippen LogP contribution is 2.33. The van der Waals surface area contributed by atoms with E-state index in [-0.39, 0.29) is 18.0 Å². The predicted octanol–water partition coefficient (Wildman–Crippen LogP) is 2.84. The summed E-state index contributed by atoms with van der Waals surface area (Å²) in [5.74, 6) is -2.78. The van der Waals surface area contributed by atoms with Crippen LogP contribution in [0.25, 0.3) is 0 Å². The molecular formula is C15H18F4N2O3S. The lowest BCUT2D eigenvalue weighted by Gasteiger charge is -2.30. The zero-order chi connectivity index (χ0) is 18.8. The first-order valence-corrected chi connectivity index (χ1v) is 9.31. The van der Waals surface area contributed by atoms with Crippen LogP contribution < -0.4 is 5.32 Å². The van der Waals surface area contributed by atoms with E-state index in [4.69, 9.17) is 0 Å². The van der Waals surface area contributed by atoms with Crippen molar-refractivity contribution in [2.75, 3.05) is 24.2 Å². The van der Waals surface area contributed by atoms with E-state index in [2.05, 4.69) is 5.32 Å². The van der Waals surface area contributed by atoms with Crippen LogP contribution in [0.2, 0.25) is 0 Å². The minimum absolute atomic E-state index is 0.0185. The van der Waals surface area contributed by atoms with Crippen LogP contribution in [0.1, 0.15) is 25.3 Å². The molecule has 1 atom stereocenters. The van der Waals surface area contributed by atoms with Crippen molar-refractivity contribution in [2.45, 2.75) is 25.9 Å². The summed E-state index contributed by atoms with van der Waals surface area (Å²) in [5, 5.41) is 2.31. The second kappa shape index (κ2) is 7.28. The smallest absolute Gasteiger partial charge is 0.326 e. The zero-order valence-electron chi connectivity index (χ0n) is 13.4. The van der Waals surface area contributed by atoms with Gasteiger partial charge in [-0.15, -0.1) is 0 Å². The summed E-state index contributed by atoms with van der Waals surface area (Å²) in [6.07, 6.45) is -3.97. The molecule has 1 aliphatic rings. The third-order valence-electron chi connectivity index (χ3n) is 4.05. The van der Waals surface area contributed by atoms with Gasteiger partial charge in [-0.3, -0.25) is 4.79 Å². The SMILES string of the molecule is CCS(=O)(=O)N1CCC[C@H](C(=O)Nc2ccc(F)c(C(F)(F)F)c2)C1. The number of benzene rings is 1. The molecule has 5 nitrogen and oxygen atoms in total. The minimum Gasteiger partial charge on any atom is -0.326 e. The molecule has 0 radical (unpaired) electrons. The number of piperidine rings is 1. The summed E-state index contributed by atoms with van der Waals surface area (Å²) in [4.78, 5) is 12.3. The largest absolute Gasteiger partial charge is 0.419 e. The van der Waals surface area contributed by atoms with Crippen LogP contribution >= 0.6 is 0 Å². The highest BCUT2D eigenvalue weighted by atomic mass is 32.2. The maximum absolute atomic E-state index is 13.3. The van der Waals surface area contributed by atoms with E-state index < -0.39 is 39.4 Å². The van der Waals surface area contributed by atoms with Crippen LogP contribution in [-0.2, 0) is 21.0 Å². The molecule has 1 aliphatic heterocycles. The van der Waals surface area contributed by atoms with Gasteiger partial charge in [0.1, 0.15) is 5.82 Å². The van der Waals surface area contributed by atoms with Gasteiger partial charge in [0.05, 0.1) is 17.2 Å². The Balaban J connectivity index is 2.12. The van der Waals surface area contributed by atoms with Gasteiger partial charge < -0.3 is 5.32 Å². The Labute approximate surface area is 143 Å². The molecule has 1 N–H and O–H groups in total. The van der Waals surface area contributed by atoms with Crippen LogP contribution in [0, 0.1) is 11.7 Å². The Hall–Kier alpha value is -1.68. The summed E-state index contributed by atoms with van der Waals surface area (Å²) in [7, 11) is -3.44. The van der Waals surface area contributed by atoms with Crippen molar-refractivity contribution >= 4 is 21.6 Å². The van der Waals surface area contributed by atoms with Gasteiger partial charge in [-0.25, -0.2) is 17.1 Å². The van der Waals surface area contributed by atoms with Gasteiger partial charge in [0.15, 0.2) is 0 Å². The molecule has 0 bridgehead atoms. The number of anilines is 1. The Morgan fingerprint density at radius 1 is 1.36 bits per heavy atom. The Bertz CT molecular complexity index is 750. The number of carbonyl (C=O) groups excluding carboxylic acids is 1. The molecule has 0 unspecified atom stereocenters. The lowest BCUT2D eigenvalue weighted by Crippen LogP contribution is -2.44. The number of alkyl halides is 3. The Kier molecular flexibility index (Phi) is 5.72. The van der Waals surface area contributed by atoms with Gasteiger partial charge in [-0.2, -0.15) is 13.2 Å². The van der Waals surface area contributed by atoms with Gasteiger partial charge in [0.25, 0.3) is 0 Å². The van der Waals surface area contributed by atoms with Gasteiger partial charge >= 0.3 is 6.18 Å². The summed E-state index contributed by atoms with van der Waals surface area (Å²) in [6, 6.07) is 2.19.